The molecule has 5 nitrogen and oxygen atoms in total. The molecule has 0 spiro atoms. The van der Waals surface area contributed by atoms with E-state index in [1.807, 2.05) is 4.57 Å². The number of benzene rings is 2. The summed E-state index contributed by atoms with van der Waals surface area (Å²) in [5, 5.41) is 11.1. The minimum atomic E-state index is -0.846. The summed E-state index contributed by atoms with van der Waals surface area (Å²) in [6.07, 6.45) is 1.86. The molecule has 1 N–H and O–H groups in total. The van der Waals surface area contributed by atoms with Crippen molar-refractivity contribution in [3.05, 3.63) is 59.9 Å². The highest BCUT2D eigenvalue weighted by molar-refractivity contribution is 7.99. The number of halogens is 3. The van der Waals surface area contributed by atoms with Crippen LogP contribution < -0.4 is 5.32 Å². The van der Waals surface area contributed by atoms with Crippen molar-refractivity contribution in [3.63, 3.8) is 0 Å². The van der Waals surface area contributed by atoms with Crippen LogP contribution in [0, 0.1) is 17.5 Å². The van der Waals surface area contributed by atoms with Crippen molar-refractivity contribution in [2.45, 2.75) is 24.0 Å². The van der Waals surface area contributed by atoms with E-state index < -0.39 is 23.4 Å². The van der Waals surface area contributed by atoms with Crippen LogP contribution >= 0.6 is 11.8 Å². The third-order valence-electron chi connectivity index (χ3n) is 4.23. The van der Waals surface area contributed by atoms with E-state index in [4.69, 9.17) is 0 Å². The van der Waals surface area contributed by atoms with E-state index in [2.05, 4.69) is 15.5 Å². The lowest BCUT2D eigenvalue weighted by Gasteiger charge is -2.10. The van der Waals surface area contributed by atoms with Gasteiger partial charge in [0.15, 0.2) is 11.0 Å². The average Bonchev–Trinajstić information content (AvgIpc) is 3.42. The lowest BCUT2D eigenvalue weighted by molar-refractivity contribution is -0.113. The summed E-state index contributed by atoms with van der Waals surface area (Å²) in [7, 11) is 0. The summed E-state index contributed by atoms with van der Waals surface area (Å²) in [4.78, 5) is 12.1. The maximum atomic E-state index is 14.2. The molecule has 1 amide bonds. The topological polar surface area (TPSA) is 59.8 Å². The van der Waals surface area contributed by atoms with Crippen LogP contribution in [0.1, 0.15) is 18.9 Å². The lowest BCUT2D eigenvalue weighted by atomic mass is 10.2. The van der Waals surface area contributed by atoms with Crippen molar-refractivity contribution in [3.8, 4) is 11.4 Å². The van der Waals surface area contributed by atoms with Crippen molar-refractivity contribution in [1.29, 1.82) is 0 Å². The summed E-state index contributed by atoms with van der Waals surface area (Å²) >= 11 is 1.13. The average molecular weight is 404 g/mol. The first-order chi connectivity index (χ1) is 13.5. The van der Waals surface area contributed by atoms with E-state index in [0.29, 0.717) is 22.6 Å². The van der Waals surface area contributed by atoms with E-state index in [0.717, 1.165) is 36.7 Å². The van der Waals surface area contributed by atoms with Gasteiger partial charge in [0.1, 0.15) is 17.5 Å². The first-order valence-electron chi connectivity index (χ1n) is 8.60. The Morgan fingerprint density at radius 3 is 2.61 bits per heavy atom. The van der Waals surface area contributed by atoms with E-state index >= 15 is 0 Å². The Balaban J connectivity index is 1.49. The van der Waals surface area contributed by atoms with Gasteiger partial charge in [-0.1, -0.05) is 23.9 Å². The summed E-state index contributed by atoms with van der Waals surface area (Å²) in [6, 6.07) is 9.42. The van der Waals surface area contributed by atoms with Gasteiger partial charge in [0.05, 0.1) is 17.0 Å². The van der Waals surface area contributed by atoms with E-state index in [-0.39, 0.29) is 17.5 Å². The molecular weight excluding hydrogens is 389 g/mol. The molecule has 1 saturated carbocycles. The van der Waals surface area contributed by atoms with Crippen LogP contribution in [-0.4, -0.2) is 26.4 Å². The van der Waals surface area contributed by atoms with Crippen molar-refractivity contribution >= 4 is 23.4 Å². The van der Waals surface area contributed by atoms with Crippen LogP contribution in [0.15, 0.2) is 47.6 Å². The molecule has 0 unspecified atom stereocenters. The standard InChI is InChI=1S/C19H15F3N4OS/c20-11-5-8-16(15(22)9-11)23-17(27)10-28-19-25-24-18(26(19)12-6-7-12)13-3-1-2-4-14(13)21/h1-5,8-9,12H,6-7,10H2,(H,23,27). The maximum Gasteiger partial charge on any atom is 0.234 e. The molecule has 0 radical (unpaired) electrons. The van der Waals surface area contributed by atoms with Crippen LogP contribution in [0.4, 0.5) is 18.9 Å². The largest absolute Gasteiger partial charge is 0.323 e. The van der Waals surface area contributed by atoms with Gasteiger partial charge < -0.3 is 5.32 Å². The third-order valence-corrected chi connectivity index (χ3v) is 5.17. The molecule has 4 rings (SSSR count). The van der Waals surface area contributed by atoms with Gasteiger partial charge in [0.2, 0.25) is 5.91 Å². The number of anilines is 1. The number of hydrogen-bond acceptors (Lipinski definition) is 4. The van der Waals surface area contributed by atoms with Gasteiger partial charge in [-0.25, -0.2) is 13.2 Å². The minimum absolute atomic E-state index is 0.0427. The highest BCUT2D eigenvalue weighted by Crippen LogP contribution is 2.41. The molecule has 28 heavy (non-hydrogen) atoms. The molecule has 2 aromatic carbocycles. The van der Waals surface area contributed by atoms with Gasteiger partial charge in [-0.2, -0.15) is 0 Å². The number of rotatable bonds is 6. The van der Waals surface area contributed by atoms with Crippen LogP contribution in [0.2, 0.25) is 0 Å². The Morgan fingerprint density at radius 1 is 1.11 bits per heavy atom. The fourth-order valence-electron chi connectivity index (χ4n) is 2.77. The fourth-order valence-corrected chi connectivity index (χ4v) is 3.58. The third kappa shape index (κ3) is 3.89. The normalized spacial score (nSPS) is 13.5. The number of nitrogens with one attached hydrogen (secondary N) is 1. The summed E-state index contributed by atoms with van der Waals surface area (Å²) in [6.45, 7) is 0. The number of hydrogen-bond donors (Lipinski definition) is 1. The first-order valence-corrected chi connectivity index (χ1v) is 9.59. The maximum absolute atomic E-state index is 14.2. The predicted octanol–water partition coefficient (Wildman–Crippen LogP) is 4.43. The Hall–Kier alpha value is -2.81. The van der Waals surface area contributed by atoms with Crippen molar-refractivity contribution in [1.82, 2.24) is 14.8 Å². The lowest BCUT2D eigenvalue weighted by Crippen LogP contribution is -2.15. The van der Waals surface area contributed by atoms with Crippen molar-refractivity contribution in [2.75, 3.05) is 11.1 Å². The highest BCUT2D eigenvalue weighted by Gasteiger charge is 2.31. The SMILES string of the molecule is O=C(CSc1nnc(-c2ccccc2F)n1C1CC1)Nc1ccc(F)cc1F. The van der Waals surface area contributed by atoms with Gasteiger partial charge in [-0.3, -0.25) is 9.36 Å². The molecule has 1 aliphatic rings. The molecule has 1 fully saturated rings. The van der Waals surface area contributed by atoms with Crippen molar-refractivity contribution < 1.29 is 18.0 Å². The zero-order valence-corrected chi connectivity index (χ0v) is 15.3. The Labute approximate surface area is 163 Å². The number of nitrogens with zero attached hydrogens (tertiary/aromatic N) is 3. The summed E-state index contributed by atoms with van der Waals surface area (Å²) in [5.74, 6) is -2.04. The Morgan fingerprint density at radius 2 is 1.89 bits per heavy atom. The van der Waals surface area contributed by atoms with Crippen LogP contribution in [0.5, 0.6) is 0 Å². The quantitative estimate of drug-likeness (QED) is 0.618. The molecule has 0 aliphatic heterocycles. The number of amides is 1. The Kier molecular flexibility index (Phi) is 5.08. The van der Waals surface area contributed by atoms with Crippen LogP contribution in [0.3, 0.4) is 0 Å². The monoisotopic (exact) mass is 404 g/mol. The van der Waals surface area contributed by atoms with Gasteiger partial charge >= 0.3 is 0 Å². The second kappa shape index (κ2) is 7.67. The molecule has 144 valence electrons. The molecule has 0 saturated heterocycles. The molecular formula is C19H15F3N4OS. The van der Waals surface area contributed by atoms with Gasteiger partial charge in [0, 0.05) is 12.1 Å². The zero-order chi connectivity index (χ0) is 19.7. The number of carbonyl (C=O) groups is 1. The molecule has 1 aromatic heterocycles. The second-order valence-corrected chi connectivity index (χ2v) is 7.29. The number of aromatic nitrogens is 3. The number of thioether (sulfide) groups is 1. The van der Waals surface area contributed by atoms with E-state index in [1.54, 1.807) is 18.2 Å². The van der Waals surface area contributed by atoms with E-state index in [9.17, 15) is 18.0 Å². The van der Waals surface area contributed by atoms with Crippen LogP contribution in [-0.2, 0) is 4.79 Å². The predicted molar refractivity (Wildman–Crippen MR) is 99.4 cm³/mol. The molecule has 3 aromatic rings. The van der Waals surface area contributed by atoms with Gasteiger partial charge in [-0.05, 0) is 37.1 Å². The highest BCUT2D eigenvalue weighted by atomic mass is 32.2. The molecule has 0 atom stereocenters. The second-order valence-electron chi connectivity index (χ2n) is 6.35. The molecule has 1 aliphatic carbocycles. The molecule has 1 heterocycles. The smallest absolute Gasteiger partial charge is 0.234 e. The summed E-state index contributed by atoms with van der Waals surface area (Å²) in [5.41, 5.74) is 0.259. The molecule has 9 heteroatoms. The van der Waals surface area contributed by atoms with Gasteiger partial charge in [-0.15, -0.1) is 10.2 Å². The molecule has 0 bridgehead atoms. The Bertz CT molecular complexity index is 1040. The van der Waals surface area contributed by atoms with Crippen LogP contribution in [0.25, 0.3) is 11.4 Å². The first kappa shape index (κ1) is 18.5. The number of carbonyl (C=O) groups excluding carboxylic acids is 1. The van der Waals surface area contributed by atoms with Gasteiger partial charge in [0.25, 0.3) is 0 Å². The van der Waals surface area contributed by atoms with Crippen molar-refractivity contribution in [2.24, 2.45) is 0 Å². The van der Waals surface area contributed by atoms with E-state index in [1.165, 1.54) is 6.07 Å². The minimum Gasteiger partial charge on any atom is -0.323 e. The fraction of sp³-hybridized carbons (Fsp3) is 0.211. The zero-order valence-electron chi connectivity index (χ0n) is 14.5. The summed E-state index contributed by atoms with van der Waals surface area (Å²) < 4.78 is 42.6.